The van der Waals surface area contributed by atoms with E-state index in [1.165, 1.54) is 27.1 Å². The number of ether oxygens (including phenoxy) is 2. The third-order valence-corrected chi connectivity index (χ3v) is 5.86. The lowest BCUT2D eigenvalue weighted by Gasteiger charge is -2.13. The molecule has 0 radical (unpaired) electrons. The number of hydrogen-bond acceptors (Lipinski definition) is 6. The summed E-state index contributed by atoms with van der Waals surface area (Å²) in [4.78, 5) is 19.9. The van der Waals surface area contributed by atoms with Crippen molar-refractivity contribution in [3.8, 4) is 22.8 Å². The standard InChI is InChI=1S/C22H23N3O3S/c1-27-18-6-5-7-19(28-2)20(18)21(26)23-16-10-8-15(9-11-16)17-14-29-22(24-17)25-12-3-4-13-25/h5-11,14H,3-4,12-13H2,1-2H3,(H,23,26). The Kier molecular flexibility index (Phi) is 5.67. The molecule has 6 nitrogen and oxygen atoms in total. The van der Waals surface area contributed by atoms with Crippen molar-refractivity contribution in [2.75, 3.05) is 37.5 Å². The molecule has 1 N–H and O–H groups in total. The van der Waals surface area contributed by atoms with Crippen molar-refractivity contribution in [1.29, 1.82) is 0 Å². The molecule has 0 aliphatic carbocycles. The number of rotatable bonds is 6. The molecule has 1 fully saturated rings. The third-order valence-electron chi connectivity index (χ3n) is 4.96. The van der Waals surface area contributed by atoms with Crippen molar-refractivity contribution in [2.24, 2.45) is 0 Å². The van der Waals surface area contributed by atoms with Gasteiger partial charge in [-0.3, -0.25) is 4.79 Å². The summed E-state index contributed by atoms with van der Waals surface area (Å²) in [6.45, 7) is 2.18. The molecule has 1 saturated heterocycles. The van der Waals surface area contributed by atoms with Crippen LogP contribution in [0.2, 0.25) is 0 Å². The summed E-state index contributed by atoms with van der Waals surface area (Å²) in [5, 5.41) is 6.08. The minimum absolute atomic E-state index is 0.281. The maximum absolute atomic E-state index is 12.8. The Morgan fingerprint density at radius 2 is 1.69 bits per heavy atom. The number of nitrogens with one attached hydrogen (secondary N) is 1. The van der Waals surface area contributed by atoms with E-state index in [0.717, 1.165) is 29.5 Å². The topological polar surface area (TPSA) is 63.7 Å². The predicted octanol–water partition coefficient (Wildman–Crippen LogP) is 4.68. The van der Waals surface area contributed by atoms with E-state index in [1.807, 2.05) is 24.3 Å². The lowest BCUT2D eigenvalue weighted by Crippen LogP contribution is -2.17. The zero-order valence-corrected chi connectivity index (χ0v) is 17.3. The fourth-order valence-corrected chi connectivity index (χ4v) is 4.33. The monoisotopic (exact) mass is 409 g/mol. The first-order chi connectivity index (χ1) is 14.2. The van der Waals surface area contributed by atoms with E-state index in [2.05, 4.69) is 15.6 Å². The summed E-state index contributed by atoms with van der Waals surface area (Å²) in [7, 11) is 3.06. The molecule has 0 bridgehead atoms. The second-order valence-electron chi connectivity index (χ2n) is 6.78. The zero-order valence-electron chi connectivity index (χ0n) is 16.5. The van der Waals surface area contributed by atoms with Gasteiger partial charge in [0.25, 0.3) is 5.91 Å². The summed E-state index contributed by atoms with van der Waals surface area (Å²) < 4.78 is 10.6. The van der Waals surface area contributed by atoms with Gasteiger partial charge in [-0.1, -0.05) is 18.2 Å². The molecule has 29 heavy (non-hydrogen) atoms. The summed E-state index contributed by atoms with van der Waals surface area (Å²) in [5.74, 6) is 0.655. The highest BCUT2D eigenvalue weighted by molar-refractivity contribution is 7.14. The Hall–Kier alpha value is -3.06. The molecule has 150 valence electrons. The van der Waals surface area contributed by atoms with Crippen molar-refractivity contribution < 1.29 is 14.3 Å². The maximum atomic E-state index is 12.8. The number of hydrogen-bond donors (Lipinski definition) is 1. The number of amides is 1. The molecule has 7 heteroatoms. The van der Waals surface area contributed by atoms with E-state index < -0.39 is 0 Å². The van der Waals surface area contributed by atoms with Crippen LogP contribution >= 0.6 is 11.3 Å². The van der Waals surface area contributed by atoms with Crippen LogP contribution in [0.25, 0.3) is 11.3 Å². The summed E-state index contributed by atoms with van der Waals surface area (Å²) in [5.41, 5.74) is 3.05. The van der Waals surface area contributed by atoms with Crippen LogP contribution in [-0.2, 0) is 0 Å². The number of nitrogens with zero attached hydrogens (tertiary/aromatic N) is 2. The molecule has 2 aromatic carbocycles. The number of thiazole rings is 1. The minimum Gasteiger partial charge on any atom is -0.496 e. The molecule has 2 heterocycles. The molecular weight excluding hydrogens is 386 g/mol. The van der Waals surface area contributed by atoms with Crippen LogP contribution in [0, 0.1) is 0 Å². The van der Waals surface area contributed by atoms with Crippen LogP contribution in [0.15, 0.2) is 47.8 Å². The zero-order chi connectivity index (χ0) is 20.2. The highest BCUT2D eigenvalue weighted by Gasteiger charge is 2.19. The Bertz CT molecular complexity index is 973. The van der Waals surface area contributed by atoms with Gasteiger partial charge >= 0.3 is 0 Å². The van der Waals surface area contributed by atoms with Gasteiger partial charge < -0.3 is 19.7 Å². The van der Waals surface area contributed by atoms with Gasteiger partial charge in [0.1, 0.15) is 17.1 Å². The second-order valence-corrected chi connectivity index (χ2v) is 7.62. The fraction of sp³-hybridized carbons (Fsp3) is 0.273. The van der Waals surface area contributed by atoms with Gasteiger partial charge in [0.15, 0.2) is 5.13 Å². The van der Waals surface area contributed by atoms with E-state index >= 15 is 0 Å². The van der Waals surface area contributed by atoms with Crippen LogP contribution in [0.3, 0.4) is 0 Å². The molecule has 0 spiro atoms. The molecule has 1 aliphatic rings. The number of aromatic nitrogens is 1. The second kappa shape index (κ2) is 8.53. The summed E-state index contributed by atoms with van der Waals surface area (Å²) in [6.07, 6.45) is 2.47. The molecule has 0 atom stereocenters. The van der Waals surface area contributed by atoms with Crippen LogP contribution < -0.4 is 19.7 Å². The van der Waals surface area contributed by atoms with Gasteiger partial charge in [-0.05, 0) is 37.1 Å². The average Bonchev–Trinajstić information content (AvgIpc) is 3.45. The molecule has 0 saturated carbocycles. The van der Waals surface area contributed by atoms with Crippen molar-refractivity contribution in [1.82, 2.24) is 4.98 Å². The number of anilines is 2. The van der Waals surface area contributed by atoms with Crippen LogP contribution in [0.5, 0.6) is 11.5 Å². The molecule has 3 aromatic rings. The van der Waals surface area contributed by atoms with Gasteiger partial charge in [0.2, 0.25) is 0 Å². The van der Waals surface area contributed by atoms with Crippen LogP contribution in [-0.4, -0.2) is 38.2 Å². The van der Waals surface area contributed by atoms with Crippen LogP contribution in [0.4, 0.5) is 10.8 Å². The van der Waals surface area contributed by atoms with Crippen molar-refractivity contribution in [3.63, 3.8) is 0 Å². The number of carbonyl (C=O) groups excluding carboxylic acids is 1. The molecule has 1 aliphatic heterocycles. The first kappa shape index (κ1) is 19.3. The quantitative estimate of drug-likeness (QED) is 0.640. The smallest absolute Gasteiger partial charge is 0.263 e. The Labute approximate surface area is 174 Å². The lowest BCUT2D eigenvalue weighted by atomic mass is 10.1. The summed E-state index contributed by atoms with van der Waals surface area (Å²) >= 11 is 1.68. The van der Waals surface area contributed by atoms with E-state index in [1.54, 1.807) is 29.5 Å². The normalized spacial score (nSPS) is 13.4. The maximum Gasteiger partial charge on any atom is 0.263 e. The third kappa shape index (κ3) is 4.05. The Balaban J connectivity index is 1.50. The lowest BCUT2D eigenvalue weighted by molar-refractivity contribution is 0.102. The molecule has 0 unspecified atom stereocenters. The fourth-order valence-electron chi connectivity index (χ4n) is 3.44. The van der Waals surface area contributed by atoms with E-state index in [9.17, 15) is 4.79 Å². The largest absolute Gasteiger partial charge is 0.496 e. The first-order valence-electron chi connectivity index (χ1n) is 9.53. The van der Waals surface area contributed by atoms with Gasteiger partial charge in [0.05, 0.1) is 19.9 Å². The molecular formula is C22H23N3O3S. The number of benzene rings is 2. The van der Waals surface area contributed by atoms with Crippen LogP contribution in [0.1, 0.15) is 23.2 Å². The van der Waals surface area contributed by atoms with Gasteiger partial charge in [0, 0.05) is 29.7 Å². The molecule has 4 rings (SSSR count). The average molecular weight is 410 g/mol. The molecule has 1 aromatic heterocycles. The van der Waals surface area contributed by atoms with Crippen molar-refractivity contribution >= 4 is 28.1 Å². The molecule has 1 amide bonds. The SMILES string of the molecule is COc1cccc(OC)c1C(=O)Nc1ccc(-c2csc(N3CCCC3)n2)cc1. The van der Waals surface area contributed by atoms with Gasteiger partial charge in [-0.15, -0.1) is 11.3 Å². The number of methoxy groups -OCH3 is 2. The number of carbonyl (C=O) groups is 1. The van der Waals surface area contributed by atoms with E-state index in [4.69, 9.17) is 14.5 Å². The van der Waals surface area contributed by atoms with Gasteiger partial charge in [-0.2, -0.15) is 0 Å². The highest BCUT2D eigenvalue weighted by Crippen LogP contribution is 2.31. The Morgan fingerprint density at radius 3 is 2.31 bits per heavy atom. The Morgan fingerprint density at radius 1 is 1.03 bits per heavy atom. The first-order valence-corrected chi connectivity index (χ1v) is 10.4. The van der Waals surface area contributed by atoms with E-state index in [0.29, 0.717) is 22.7 Å². The van der Waals surface area contributed by atoms with Crippen molar-refractivity contribution in [3.05, 3.63) is 53.4 Å². The van der Waals surface area contributed by atoms with Crippen molar-refractivity contribution in [2.45, 2.75) is 12.8 Å². The van der Waals surface area contributed by atoms with E-state index in [-0.39, 0.29) is 5.91 Å². The minimum atomic E-state index is -0.281. The highest BCUT2D eigenvalue weighted by atomic mass is 32.1. The summed E-state index contributed by atoms with van der Waals surface area (Å²) in [6, 6.07) is 13.0. The van der Waals surface area contributed by atoms with Gasteiger partial charge in [-0.25, -0.2) is 4.98 Å². The predicted molar refractivity (Wildman–Crippen MR) is 116 cm³/mol.